The fraction of sp³-hybridized carbons (Fsp3) is 0.533. The van der Waals surface area contributed by atoms with Crippen LogP contribution in [-0.4, -0.2) is 47.6 Å². The van der Waals surface area contributed by atoms with Gasteiger partial charge in [-0.2, -0.15) is 0 Å². The third-order valence-electron chi connectivity index (χ3n) is 3.07. The Kier molecular flexibility index (Phi) is 6.48. The van der Waals surface area contributed by atoms with Gasteiger partial charge in [-0.05, 0) is 17.0 Å². The number of carbonyl (C=O) groups excluding carboxylic acids is 1. The molecule has 1 aromatic rings. The van der Waals surface area contributed by atoms with Gasteiger partial charge < -0.3 is 19.8 Å². The topological polar surface area (TPSA) is 70.0 Å². The van der Waals surface area contributed by atoms with Gasteiger partial charge in [0, 0.05) is 6.54 Å². The quantitative estimate of drug-likeness (QED) is 0.833. The molecule has 5 heteroatoms. The Morgan fingerprint density at radius 2 is 2.10 bits per heavy atom. The normalized spacial score (nSPS) is 12.3. The minimum atomic E-state index is -0.970. The summed E-state index contributed by atoms with van der Waals surface area (Å²) in [6, 6.07) is 7.95. The summed E-state index contributed by atoms with van der Waals surface area (Å²) in [5.41, 5.74) is 2.15. The second kappa shape index (κ2) is 7.87. The van der Waals surface area contributed by atoms with Crippen LogP contribution in [0.2, 0.25) is 0 Å². The van der Waals surface area contributed by atoms with Gasteiger partial charge in [0.05, 0.1) is 26.4 Å². The van der Waals surface area contributed by atoms with Gasteiger partial charge in [0.15, 0.2) is 0 Å². The van der Waals surface area contributed by atoms with Crippen molar-refractivity contribution < 1.29 is 19.7 Å². The van der Waals surface area contributed by atoms with Gasteiger partial charge in [-0.1, -0.05) is 38.1 Å². The van der Waals surface area contributed by atoms with Crippen molar-refractivity contribution in [2.24, 2.45) is 0 Å². The van der Waals surface area contributed by atoms with Crippen molar-refractivity contribution in [3.63, 3.8) is 0 Å². The molecule has 0 heterocycles. The number of aliphatic hydroxyl groups excluding tert-OH is 2. The molecular weight excluding hydrogens is 258 g/mol. The zero-order valence-electron chi connectivity index (χ0n) is 12.2. The summed E-state index contributed by atoms with van der Waals surface area (Å²) in [5, 5.41) is 18.4. The Morgan fingerprint density at radius 3 is 2.65 bits per heavy atom. The summed E-state index contributed by atoms with van der Waals surface area (Å²) in [6.07, 6.45) is -1.49. The number of ether oxygens (including phenoxy) is 1. The van der Waals surface area contributed by atoms with Crippen molar-refractivity contribution in [1.29, 1.82) is 0 Å². The van der Waals surface area contributed by atoms with Crippen molar-refractivity contribution in [2.75, 3.05) is 20.3 Å². The Hall–Kier alpha value is -1.59. The molecule has 1 amide bonds. The molecule has 0 fully saturated rings. The molecule has 1 atom stereocenters. The van der Waals surface area contributed by atoms with Crippen molar-refractivity contribution in [2.45, 2.75) is 32.4 Å². The Balaban J connectivity index is 2.83. The zero-order valence-corrected chi connectivity index (χ0v) is 12.2. The summed E-state index contributed by atoms with van der Waals surface area (Å²) in [6.45, 7) is 4.19. The first kappa shape index (κ1) is 16.5. The number of hydrogen-bond donors (Lipinski definition) is 2. The average Bonchev–Trinajstić information content (AvgIpc) is 2.45. The van der Waals surface area contributed by atoms with Crippen molar-refractivity contribution in [3.8, 4) is 0 Å². The molecule has 0 aliphatic rings. The van der Waals surface area contributed by atoms with E-state index in [1.54, 1.807) is 0 Å². The Labute approximate surface area is 119 Å². The maximum absolute atomic E-state index is 11.7. The maximum atomic E-state index is 11.7. The highest BCUT2D eigenvalue weighted by atomic mass is 16.5. The minimum Gasteiger partial charge on any atom is -0.453 e. The number of hydrogen-bond acceptors (Lipinski definition) is 4. The van der Waals surface area contributed by atoms with Crippen LogP contribution in [0.15, 0.2) is 24.3 Å². The molecule has 0 saturated carbocycles. The van der Waals surface area contributed by atoms with E-state index in [1.165, 1.54) is 17.6 Å². The van der Waals surface area contributed by atoms with E-state index >= 15 is 0 Å². The lowest BCUT2D eigenvalue weighted by Gasteiger charge is -2.23. The molecular formula is C15H23NO4. The van der Waals surface area contributed by atoms with Crippen LogP contribution in [0.5, 0.6) is 0 Å². The molecule has 20 heavy (non-hydrogen) atoms. The second-order valence-corrected chi connectivity index (χ2v) is 5.09. The van der Waals surface area contributed by atoms with Gasteiger partial charge in [-0.3, -0.25) is 0 Å². The average molecular weight is 281 g/mol. The van der Waals surface area contributed by atoms with Gasteiger partial charge in [-0.15, -0.1) is 0 Å². The van der Waals surface area contributed by atoms with Gasteiger partial charge in [0.25, 0.3) is 0 Å². The molecule has 5 nitrogen and oxygen atoms in total. The van der Waals surface area contributed by atoms with Crippen LogP contribution < -0.4 is 0 Å². The van der Waals surface area contributed by atoms with Crippen LogP contribution in [0.4, 0.5) is 4.79 Å². The summed E-state index contributed by atoms with van der Waals surface area (Å²) in [5.74, 6) is 0.407. The monoisotopic (exact) mass is 281 g/mol. The molecule has 1 aromatic carbocycles. The van der Waals surface area contributed by atoms with Crippen molar-refractivity contribution in [1.82, 2.24) is 4.90 Å². The highest BCUT2D eigenvalue weighted by Gasteiger charge is 2.18. The summed E-state index contributed by atoms with van der Waals surface area (Å²) >= 11 is 0. The standard InChI is InChI=1S/C15H23NO4/c1-11(2)13-6-4-5-12(7-13)8-16(15(19)20-3)9-14(18)10-17/h4-7,11,14,17-18H,8-10H2,1-3H3. The Morgan fingerprint density at radius 1 is 1.40 bits per heavy atom. The summed E-state index contributed by atoms with van der Waals surface area (Å²) < 4.78 is 4.70. The van der Waals surface area contributed by atoms with E-state index in [0.29, 0.717) is 12.5 Å². The van der Waals surface area contributed by atoms with E-state index in [0.717, 1.165) is 5.56 Å². The fourth-order valence-electron chi connectivity index (χ4n) is 1.92. The molecule has 0 radical (unpaired) electrons. The van der Waals surface area contributed by atoms with Crippen LogP contribution in [0.3, 0.4) is 0 Å². The van der Waals surface area contributed by atoms with Crippen molar-refractivity contribution in [3.05, 3.63) is 35.4 Å². The van der Waals surface area contributed by atoms with Gasteiger partial charge >= 0.3 is 6.09 Å². The number of methoxy groups -OCH3 is 1. The van der Waals surface area contributed by atoms with Gasteiger partial charge in [-0.25, -0.2) is 4.79 Å². The minimum absolute atomic E-state index is 0.0368. The summed E-state index contributed by atoms with van der Waals surface area (Å²) in [7, 11) is 1.30. The summed E-state index contributed by atoms with van der Waals surface area (Å²) in [4.78, 5) is 13.1. The van der Waals surface area contributed by atoms with E-state index in [-0.39, 0.29) is 13.2 Å². The lowest BCUT2D eigenvalue weighted by molar-refractivity contribution is 0.0504. The molecule has 1 rings (SSSR count). The molecule has 0 aromatic heterocycles. The highest BCUT2D eigenvalue weighted by Crippen LogP contribution is 2.17. The van der Waals surface area contributed by atoms with Crippen LogP contribution in [-0.2, 0) is 11.3 Å². The number of rotatable bonds is 6. The smallest absolute Gasteiger partial charge is 0.409 e. The lowest BCUT2D eigenvalue weighted by Crippen LogP contribution is -2.38. The molecule has 0 spiro atoms. The molecule has 0 bridgehead atoms. The second-order valence-electron chi connectivity index (χ2n) is 5.09. The molecule has 0 aliphatic carbocycles. The number of carbonyl (C=O) groups is 1. The molecule has 2 N–H and O–H groups in total. The fourth-order valence-corrected chi connectivity index (χ4v) is 1.92. The largest absolute Gasteiger partial charge is 0.453 e. The third kappa shape index (κ3) is 4.83. The molecule has 1 unspecified atom stereocenters. The predicted octanol–water partition coefficient (Wildman–Crippen LogP) is 1.73. The van der Waals surface area contributed by atoms with E-state index in [9.17, 15) is 9.90 Å². The maximum Gasteiger partial charge on any atom is 0.409 e. The molecule has 0 saturated heterocycles. The first-order chi connectivity index (χ1) is 9.47. The molecule has 112 valence electrons. The van der Waals surface area contributed by atoms with Crippen molar-refractivity contribution >= 4 is 6.09 Å². The SMILES string of the molecule is COC(=O)N(Cc1cccc(C(C)C)c1)CC(O)CO. The number of aliphatic hydroxyl groups is 2. The Bertz CT molecular complexity index is 434. The van der Waals surface area contributed by atoms with E-state index in [4.69, 9.17) is 9.84 Å². The number of amides is 1. The van der Waals surface area contributed by atoms with E-state index in [2.05, 4.69) is 13.8 Å². The van der Waals surface area contributed by atoms with Gasteiger partial charge in [0.2, 0.25) is 0 Å². The number of nitrogens with zero attached hydrogens (tertiary/aromatic N) is 1. The zero-order chi connectivity index (χ0) is 15.1. The lowest BCUT2D eigenvalue weighted by atomic mass is 10.0. The van der Waals surface area contributed by atoms with E-state index in [1.807, 2.05) is 24.3 Å². The first-order valence-electron chi connectivity index (χ1n) is 6.68. The molecule has 0 aliphatic heterocycles. The van der Waals surface area contributed by atoms with Crippen LogP contribution >= 0.6 is 0 Å². The van der Waals surface area contributed by atoms with Crippen LogP contribution in [0, 0.1) is 0 Å². The number of benzene rings is 1. The first-order valence-corrected chi connectivity index (χ1v) is 6.68. The third-order valence-corrected chi connectivity index (χ3v) is 3.07. The van der Waals surface area contributed by atoms with Crippen LogP contribution in [0.25, 0.3) is 0 Å². The van der Waals surface area contributed by atoms with E-state index < -0.39 is 12.2 Å². The van der Waals surface area contributed by atoms with Gasteiger partial charge in [0.1, 0.15) is 0 Å². The predicted molar refractivity (Wildman–Crippen MR) is 76.4 cm³/mol. The van der Waals surface area contributed by atoms with Crippen LogP contribution in [0.1, 0.15) is 30.9 Å². The highest BCUT2D eigenvalue weighted by molar-refractivity contribution is 5.67.